The van der Waals surface area contributed by atoms with E-state index in [1.165, 1.54) is 0 Å². The molecule has 0 aromatic carbocycles. The van der Waals surface area contributed by atoms with E-state index in [2.05, 4.69) is 5.32 Å². The number of carbonyl (C=O) groups is 1. The lowest BCUT2D eigenvalue weighted by Crippen LogP contribution is -2.28. The van der Waals surface area contributed by atoms with Crippen LogP contribution in [0.1, 0.15) is 6.92 Å². The van der Waals surface area contributed by atoms with Gasteiger partial charge in [-0.1, -0.05) is 0 Å². The Balaban J connectivity index is 3.98. The van der Waals surface area contributed by atoms with Gasteiger partial charge in [-0.3, -0.25) is 4.79 Å². The quantitative estimate of drug-likeness (QED) is 0.471. The minimum Gasteiger partial charge on any atom is -0.319 e. The van der Waals surface area contributed by atoms with Crippen molar-refractivity contribution in [3.8, 4) is 0 Å². The third kappa shape index (κ3) is 2.94. The summed E-state index contributed by atoms with van der Waals surface area (Å²) in [6.07, 6.45) is 0. The fraction of sp³-hybridized carbons (Fsp3) is 0.667. The summed E-state index contributed by atoms with van der Waals surface area (Å²) in [6.45, 7) is 2.01. The van der Waals surface area contributed by atoms with Gasteiger partial charge < -0.3 is 10.7 Å². The van der Waals surface area contributed by atoms with E-state index < -0.39 is 11.2 Å². The van der Waals surface area contributed by atoms with E-state index in [0.29, 0.717) is 12.3 Å². The van der Waals surface area contributed by atoms with Crippen LogP contribution in [-0.4, -0.2) is 24.5 Å². The van der Waals surface area contributed by atoms with E-state index in [1.807, 2.05) is 0 Å². The van der Waals surface area contributed by atoms with Crippen LogP contribution in [0.25, 0.3) is 0 Å². The summed E-state index contributed by atoms with van der Waals surface area (Å²) in [5, 5.41) is 9.45. The maximum Gasteiger partial charge on any atom is 0.231 e. The summed E-state index contributed by atoms with van der Waals surface area (Å²) >= 11 is 5.20. The van der Waals surface area contributed by atoms with Crippen molar-refractivity contribution >= 4 is 22.6 Å². The number of nitrogens with one attached hydrogen (secondary N) is 2. The van der Waals surface area contributed by atoms with Gasteiger partial charge in [0.15, 0.2) is 0 Å². The molecule has 0 aliphatic heterocycles. The normalized spacial score (nSPS) is 12.7. The van der Waals surface area contributed by atoms with Crippen molar-refractivity contribution in [3.63, 3.8) is 0 Å². The molecule has 0 aromatic rings. The van der Waals surface area contributed by atoms with Crippen LogP contribution in [0.5, 0.6) is 0 Å². The third-order valence-corrected chi connectivity index (χ3v) is 1.47. The largest absolute Gasteiger partial charge is 0.319 e. The lowest BCUT2D eigenvalue weighted by Gasteiger charge is -2.08. The Hall–Kier alpha value is -0.410. The highest BCUT2D eigenvalue weighted by atomic mass is 35.5. The molecule has 0 aliphatic rings. The van der Waals surface area contributed by atoms with Gasteiger partial charge in [0.1, 0.15) is 0 Å². The average molecular weight is 163 g/mol. The van der Waals surface area contributed by atoms with Crippen LogP contribution in [0.4, 0.5) is 0 Å². The Labute approximate surface area is 65.3 Å². The first kappa shape index (κ1) is 9.59. The highest BCUT2D eigenvalue weighted by Gasteiger charge is 2.16. The first-order valence-electron chi connectivity index (χ1n) is 2.98. The van der Waals surface area contributed by atoms with E-state index in [0.717, 1.165) is 0 Å². The molecule has 0 fully saturated rings. The summed E-state index contributed by atoms with van der Waals surface area (Å²) < 4.78 is 0. The van der Waals surface area contributed by atoms with Crippen LogP contribution in [0.15, 0.2) is 0 Å². The molecular formula is C6H11ClN2O. The van der Waals surface area contributed by atoms with Gasteiger partial charge in [0.2, 0.25) is 5.24 Å². The van der Waals surface area contributed by atoms with E-state index in [1.54, 1.807) is 14.0 Å². The predicted octanol–water partition coefficient (Wildman–Crippen LogP) is 0.627. The van der Waals surface area contributed by atoms with Crippen molar-refractivity contribution in [3.05, 3.63) is 0 Å². The second-order valence-corrected chi connectivity index (χ2v) is 2.47. The molecule has 4 heteroatoms. The maximum atomic E-state index is 10.6. The van der Waals surface area contributed by atoms with Crippen molar-refractivity contribution in [2.75, 3.05) is 13.6 Å². The van der Waals surface area contributed by atoms with Crippen LogP contribution in [0.3, 0.4) is 0 Å². The molecule has 0 saturated heterocycles. The summed E-state index contributed by atoms with van der Waals surface area (Å²) in [7, 11) is 1.72. The van der Waals surface area contributed by atoms with Crippen molar-refractivity contribution in [2.45, 2.75) is 6.92 Å². The first-order valence-corrected chi connectivity index (χ1v) is 3.36. The van der Waals surface area contributed by atoms with Gasteiger partial charge in [0, 0.05) is 12.3 Å². The van der Waals surface area contributed by atoms with Crippen LogP contribution in [-0.2, 0) is 4.79 Å². The molecule has 1 atom stereocenters. The van der Waals surface area contributed by atoms with Crippen LogP contribution in [0.2, 0.25) is 0 Å². The lowest BCUT2D eigenvalue weighted by atomic mass is 10.1. The van der Waals surface area contributed by atoms with Gasteiger partial charge in [0.05, 0.1) is 5.92 Å². The molecule has 0 aromatic heterocycles. The SMILES string of the molecule is CNCC(C(C)=N)C(=O)Cl. The van der Waals surface area contributed by atoms with Crippen LogP contribution < -0.4 is 5.32 Å². The van der Waals surface area contributed by atoms with E-state index in [-0.39, 0.29) is 0 Å². The lowest BCUT2D eigenvalue weighted by molar-refractivity contribution is -0.113. The number of rotatable bonds is 4. The van der Waals surface area contributed by atoms with Gasteiger partial charge in [-0.15, -0.1) is 0 Å². The molecule has 1 unspecified atom stereocenters. The van der Waals surface area contributed by atoms with Crippen LogP contribution >= 0.6 is 11.6 Å². The highest BCUT2D eigenvalue weighted by Crippen LogP contribution is 2.01. The molecule has 10 heavy (non-hydrogen) atoms. The molecule has 0 saturated carbocycles. The van der Waals surface area contributed by atoms with E-state index >= 15 is 0 Å². The monoisotopic (exact) mass is 162 g/mol. The van der Waals surface area contributed by atoms with E-state index in [9.17, 15) is 4.79 Å². The number of carbonyl (C=O) groups excluding carboxylic acids is 1. The minimum atomic E-state index is -0.471. The highest BCUT2D eigenvalue weighted by molar-refractivity contribution is 6.65. The molecule has 0 bridgehead atoms. The molecular weight excluding hydrogens is 152 g/mol. The van der Waals surface area contributed by atoms with Gasteiger partial charge >= 0.3 is 0 Å². The van der Waals surface area contributed by atoms with Gasteiger partial charge in [-0.05, 0) is 25.6 Å². The topological polar surface area (TPSA) is 53.0 Å². The smallest absolute Gasteiger partial charge is 0.231 e. The fourth-order valence-electron chi connectivity index (χ4n) is 0.608. The van der Waals surface area contributed by atoms with Gasteiger partial charge in [-0.25, -0.2) is 0 Å². The third-order valence-electron chi connectivity index (χ3n) is 1.20. The molecule has 0 radical (unpaired) electrons. The number of halogens is 1. The van der Waals surface area contributed by atoms with Gasteiger partial charge in [0.25, 0.3) is 0 Å². The zero-order valence-electron chi connectivity index (χ0n) is 6.07. The van der Waals surface area contributed by atoms with Crippen LogP contribution in [0, 0.1) is 11.3 Å². The Kier molecular flexibility index (Phi) is 4.23. The Morgan fingerprint density at radius 1 is 1.80 bits per heavy atom. The molecule has 2 N–H and O–H groups in total. The average Bonchev–Trinajstić information content (AvgIpc) is 1.81. The molecule has 58 valence electrons. The molecule has 0 heterocycles. The standard InChI is InChI=1S/C6H11ClN2O/c1-4(8)5(3-9-2)6(7)10/h5,8-9H,3H2,1-2H3. The van der Waals surface area contributed by atoms with Crippen molar-refractivity contribution in [1.82, 2.24) is 5.32 Å². The second kappa shape index (κ2) is 4.41. The first-order chi connectivity index (χ1) is 4.59. The zero-order chi connectivity index (χ0) is 8.15. The predicted molar refractivity (Wildman–Crippen MR) is 41.7 cm³/mol. The Morgan fingerprint density at radius 3 is 2.40 bits per heavy atom. The molecule has 3 nitrogen and oxygen atoms in total. The number of hydrogen-bond acceptors (Lipinski definition) is 3. The summed E-state index contributed by atoms with van der Waals surface area (Å²) in [5.74, 6) is -0.466. The van der Waals surface area contributed by atoms with Gasteiger partial charge in [-0.2, -0.15) is 0 Å². The molecule has 0 rings (SSSR count). The summed E-state index contributed by atoms with van der Waals surface area (Å²) in [6, 6.07) is 0. The Morgan fingerprint density at radius 2 is 2.30 bits per heavy atom. The second-order valence-electron chi connectivity index (χ2n) is 2.10. The van der Waals surface area contributed by atoms with E-state index in [4.69, 9.17) is 17.0 Å². The Bertz CT molecular complexity index is 133. The molecule has 0 aliphatic carbocycles. The zero-order valence-corrected chi connectivity index (χ0v) is 6.83. The summed E-state index contributed by atoms with van der Waals surface area (Å²) in [5.41, 5.74) is 0.300. The van der Waals surface area contributed by atoms with Crippen molar-refractivity contribution in [2.24, 2.45) is 5.92 Å². The molecule has 0 spiro atoms. The van der Waals surface area contributed by atoms with Crippen molar-refractivity contribution < 1.29 is 4.79 Å². The maximum absolute atomic E-state index is 10.6. The molecule has 0 amide bonds. The minimum absolute atomic E-state index is 0.300. The fourth-order valence-corrected chi connectivity index (χ4v) is 0.848. The summed E-state index contributed by atoms with van der Waals surface area (Å²) in [4.78, 5) is 10.6. The van der Waals surface area contributed by atoms with Crippen molar-refractivity contribution in [1.29, 1.82) is 5.41 Å². The number of hydrogen-bond donors (Lipinski definition) is 2.